The number of thiophene rings is 1. The van der Waals surface area contributed by atoms with Crippen LogP contribution < -0.4 is 15.1 Å². The van der Waals surface area contributed by atoms with Crippen LogP contribution >= 0.6 is 23.1 Å². The van der Waals surface area contributed by atoms with E-state index < -0.39 is 5.54 Å². The summed E-state index contributed by atoms with van der Waals surface area (Å²) in [4.78, 5) is 31.3. The topological polar surface area (TPSA) is 81.3 Å². The Morgan fingerprint density at radius 2 is 1.86 bits per heavy atom. The number of carbonyl (C=O) groups is 2. The number of nitrogens with zero attached hydrogens (tertiary/aromatic N) is 3. The van der Waals surface area contributed by atoms with Gasteiger partial charge in [-0.05, 0) is 49.7 Å². The Hall–Kier alpha value is -3.30. The molecule has 0 radical (unpaired) electrons. The van der Waals surface area contributed by atoms with E-state index in [4.69, 9.17) is 0 Å². The minimum atomic E-state index is -0.526. The Kier molecular flexibility index (Phi) is 6.29. The van der Waals surface area contributed by atoms with Crippen LogP contribution in [0.5, 0.6) is 0 Å². The van der Waals surface area contributed by atoms with Crippen molar-refractivity contribution in [2.45, 2.75) is 19.4 Å². The van der Waals surface area contributed by atoms with Crippen LogP contribution in [0.2, 0.25) is 0 Å². The van der Waals surface area contributed by atoms with E-state index in [-0.39, 0.29) is 11.8 Å². The molecule has 2 aromatic heterocycles. The van der Waals surface area contributed by atoms with Gasteiger partial charge in [-0.2, -0.15) is 5.10 Å². The monoisotopic (exact) mass is 505 g/mol. The lowest BCUT2D eigenvalue weighted by Gasteiger charge is -2.26. The van der Waals surface area contributed by atoms with E-state index in [9.17, 15) is 9.59 Å². The van der Waals surface area contributed by atoms with Gasteiger partial charge in [0.1, 0.15) is 10.6 Å². The van der Waals surface area contributed by atoms with Gasteiger partial charge < -0.3 is 10.2 Å². The second kappa shape index (κ2) is 9.39. The molecule has 180 valence electrons. The summed E-state index contributed by atoms with van der Waals surface area (Å²) >= 11 is 3.21. The van der Waals surface area contributed by atoms with Crippen LogP contribution in [0.25, 0.3) is 10.2 Å². The minimum absolute atomic E-state index is 0.139. The lowest BCUT2D eigenvalue weighted by atomic mass is 9.94. The summed E-state index contributed by atoms with van der Waals surface area (Å²) in [6.07, 6.45) is 0. The first kappa shape index (κ1) is 23.4. The number of aromatic amines is 1. The fourth-order valence-electron chi connectivity index (χ4n) is 4.17. The van der Waals surface area contributed by atoms with Crippen LogP contribution in [0, 0.1) is 0 Å². The molecule has 0 unspecified atom stereocenters. The zero-order valence-corrected chi connectivity index (χ0v) is 21.5. The number of nitrogens with one attached hydrogen (secondary N) is 2. The van der Waals surface area contributed by atoms with Crippen LogP contribution in [-0.4, -0.2) is 47.2 Å². The molecule has 0 spiro atoms. The summed E-state index contributed by atoms with van der Waals surface area (Å²) in [5.41, 5.74) is 2.23. The van der Waals surface area contributed by atoms with Crippen molar-refractivity contribution >= 4 is 56.6 Å². The summed E-state index contributed by atoms with van der Waals surface area (Å²) in [5.74, 6) is 2.37. The molecule has 1 fully saturated rings. The average Bonchev–Trinajstić information content (AvgIpc) is 3.61. The fourth-order valence-corrected chi connectivity index (χ4v) is 6.03. The average molecular weight is 506 g/mol. The number of carbonyl (C=O) groups excluding carboxylic acids is 2. The first-order chi connectivity index (χ1) is 16.8. The van der Waals surface area contributed by atoms with Gasteiger partial charge in [-0.1, -0.05) is 30.3 Å². The summed E-state index contributed by atoms with van der Waals surface area (Å²) in [6, 6.07) is 19.4. The molecule has 35 heavy (non-hydrogen) atoms. The normalized spacial score (nSPS) is 13.9. The van der Waals surface area contributed by atoms with Gasteiger partial charge in [0.15, 0.2) is 0 Å². The maximum Gasteiger partial charge on any atom is 0.262 e. The number of hydrogen-bond donors (Lipinski definition) is 2. The lowest BCUT2D eigenvalue weighted by Crippen LogP contribution is -2.40. The smallest absolute Gasteiger partial charge is 0.262 e. The number of benzene rings is 2. The standard InChI is InChI=1S/C26H27N5O2S2/c1-26(2,18-7-5-4-6-8-18)27-23(32)21-15-20-22(28-29-24(20)35-21)30(3)25(33)17-9-11-19(12-10-17)31-13-14-34-16-31/h4-12,15H,13-14,16H2,1-3H3,(H,27,32)(H,28,29). The predicted octanol–water partition coefficient (Wildman–Crippen LogP) is 5.08. The molecule has 7 nitrogen and oxygen atoms in total. The lowest BCUT2D eigenvalue weighted by molar-refractivity contribution is 0.0915. The van der Waals surface area contributed by atoms with Gasteiger partial charge in [0, 0.05) is 30.6 Å². The SMILES string of the molecule is CN(C(=O)c1ccc(N2CCSC2)cc1)c1[nH]nc2sc(C(=O)NC(C)(C)c3ccccc3)cc12. The predicted molar refractivity (Wildman–Crippen MR) is 145 cm³/mol. The number of aromatic nitrogens is 2. The molecule has 3 heterocycles. The zero-order valence-electron chi connectivity index (χ0n) is 19.9. The van der Waals surface area contributed by atoms with Gasteiger partial charge >= 0.3 is 0 Å². The molecular formula is C26H27N5O2S2. The largest absolute Gasteiger partial charge is 0.361 e. The van der Waals surface area contributed by atoms with Crippen molar-refractivity contribution in [3.05, 3.63) is 76.7 Å². The van der Waals surface area contributed by atoms with E-state index >= 15 is 0 Å². The Balaban J connectivity index is 1.33. The number of H-pyrrole nitrogens is 1. The number of rotatable bonds is 6. The van der Waals surface area contributed by atoms with E-state index in [0.717, 1.165) is 34.8 Å². The van der Waals surface area contributed by atoms with E-state index in [2.05, 4.69) is 20.4 Å². The number of anilines is 2. The minimum Gasteiger partial charge on any atom is -0.361 e. The molecule has 9 heteroatoms. The molecule has 0 atom stereocenters. The van der Waals surface area contributed by atoms with Crippen molar-refractivity contribution in [2.75, 3.05) is 35.0 Å². The van der Waals surface area contributed by atoms with Crippen molar-refractivity contribution in [1.82, 2.24) is 15.5 Å². The molecule has 4 aromatic rings. The highest BCUT2D eigenvalue weighted by Crippen LogP contribution is 2.32. The van der Waals surface area contributed by atoms with Gasteiger partial charge in [0.05, 0.1) is 21.7 Å². The van der Waals surface area contributed by atoms with Gasteiger partial charge in [0.25, 0.3) is 11.8 Å². The molecule has 0 saturated carbocycles. The van der Waals surface area contributed by atoms with Crippen LogP contribution in [0.3, 0.4) is 0 Å². The van der Waals surface area contributed by atoms with Crippen LogP contribution in [0.4, 0.5) is 11.5 Å². The highest BCUT2D eigenvalue weighted by atomic mass is 32.2. The molecule has 2 aromatic carbocycles. The molecule has 0 aliphatic carbocycles. The molecule has 0 bridgehead atoms. The Labute approximate surface area is 212 Å². The number of thioether (sulfide) groups is 1. The molecule has 1 saturated heterocycles. The third-order valence-corrected chi connectivity index (χ3v) is 8.24. The number of hydrogen-bond acceptors (Lipinski definition) is 6. The molecule has 1 aliphatic heterocycles. The molecule has 2 N–H and O–H groups in total. The van der Waals surface area contributed by atoms with Gasteiger partial charge in [-0.25, -0.2) is 0 Å². The fraction of sp³-hybridized carbons (Fsp3) is 0.269. The van der Waals surface area contributed by atoms with Crippen LogP contribution in [0.1, 0.15) is 39.4 Å². The van der Waals surface area contributed by atoms with Crippen molar-refractivity contribution in [3.8, 4) is 0 Å². The second-order valence-corrected chi connectivity index (χ2v) is 11.2. The maximum atomic E-state index is 13.2. The van der Waals surface area contributed by atoms with E-state index in [0.29, 0.717) is 21.1 Å². The number of amides is 2. The number of fused-ring (bicyclic) bond motifs is 1. The molecule has 1 aliphatic rings. The van der Waals surface area contributed by atoms with Gasteiger partial charge in [0.2, 0.25) is 0 Å². The third-order valence-electron chi connectivity index (χ3n) is 6.25. The Morgan fingerprint density at radius 1 is 1.11 bits per heavy atom. The highest BCUT2D eigenvalue weighted by Gasteiger charge is 2.26. The van der Waals surface area contributed by atoms with Crippen LogP contribution in [0.15, 0.2) is 60.7 Å². The second-order valence-electron chi connectivity index (χ2n) is 9.06. The van der Waals surface area contributed by atoms with Crippen LogP contribution in [-0.2, 0) is 5.54 Å². The van der Waals surface area contributed by atoms with Gasteiger partial charge in [-0.3, -0.25) is 19.6 Å². The highest BCUT2D eigenvalue weighted by molar-refractivity contribution is 7.99. The Bertz CT molecular complexity index is 1360. The quantitative estimate of drug-likeness (QED) is 0.382. The first-order valence-electron chi connectivity index (χ1n) is 11.4. The molecule has 2 amide bonds. The van der Waals surface area contributed by atoms with Crippen molar-refractivity contribution in [3.63, 3.8) is 0 Å². The van der Waals surface area contributed by atoms with Crippen molar-refractivity contribution in [2.24, 2.45) is 0 Å². The maximum absolute atomic E-state index is 13.2. The Morgan fingerprint density at radius 3 is 2.54 bits per heavy atom. The van der Waals surface area contributed by atoms with Crippen molar-refractivity contribution in [1.29, 1.82) is 0 Å². The summed E-state index contributed by atoms with van der Waals surface area (Å²) < 4.78 is 0. The van der Waals surface area contributed by atoms with Gasteiger partial charge in [-0.15, -0.1) is 23.1 Å². The summed E-state index contributed by atoms with van der Waals surface area (Å²) in [6.45, 7) is 4.98. The zero-order chi connectivity index (χ0) is 24.6. The van der Waals surface area contributed by atoms with Crippen molar-refractivity contribution < 1.29 is 9.59 Å². The van der Waals surface area contributed by atoms with E-state index in [1.807, 2.05) is 80.2 Å². The van der Waals surface area contributed by atoms with E-state index in [1.54, 1.807) is 18.0 Å². The summed E-state index contributed by atoms with van der Waals surface area (Å²) in [7, 11) is 1.72. The first-order valence-corrected chi connectivity index (χ1v) is 13.4. The summed E-state index contributed by atoms with van der Waals surface area (Å²) in [5, 5.41) is 11.2. The molecule has 5 rings (SSSR count). The van der Waals surface area contributed by atoms with E-state index in [1.165, 1.54) is 11.3 Å². The molecular weight excluding hydrogens is 478 g/mol. The third kappa shape index (κ3) is 4.66.